The van der Waals surface area contributed by atoms with Crippen molar-refractivity contribution in [3.8, 4) is 11.1 Å². The topological polar surface area (TPSA) is 55.4 Å². The Labute approximate surface area is 168 Å². The van der Waals surface area contributed by atoms with Crippen molar-refractivity contribution in [3.63, 3.8) is 0 Å². The molecule has 5 rings (SSSR count). The maximum absolute atomic E-state index is 12.7. The summed E-state index contributed by atoms with van der Waals surface area (Å²) < 4.78 is 6.52. The van der Waals surface area contributed by atoms with E-state index in [1.165, 1.54) is 17.3 Å². The normalized spacial score (nSPS) is 20.6. The van der Waals surface area contributed by atoms with E-state index < -0.39 is 11.6 Å². The Morgan fingerprint density at radius 2 is 1.64 bits per heavy atom. The molecule has 1 N–H and O–H groups in total. The zero-order chi connectivity index (χ0) is 19.3. The van der Waals surface area contributed by atoms with Gasteiger partial charge in [0.05, 0.1) is 0 Å². The molecule has 1 aliphatic carbocycles. The highest BCUT2D eigenvalue weighted by Gasteiger charge is 2.45. The first-order chi connectivity index (χ1) is 13.6. The number of piperidine rings is 1. The molecule has 1 fully saturated rings. The summed E-state index contributed by atoms with van der Waals surface area (Å²) in [4.78, 5) is 25.8. The van der Waals surface area contributed by atoms with Gasteiger partial charge in [0.1, 0.15) is 16.3 Å². The van der Waals surface area contributed by atoms with E-state index >= 15 is 0 Å². The van der Waals surface area contributed by atoms with Crippen LogP contribution in [0.15, 0.2) is 47.4 Å². The van der Waals surface area contributed by atoms with Crippen molar-refractivity contribution in [2.75, 3.05) is 18.8 Å². The monoisotopic (exact) mass is 391 g/mol. The van der Waals surface area contributed by atoms with Gasteiger partial charge in [0.15, 0.2) is 0 Å². The fourth-order valence-electron chi connectivity index (χ4n) is 4.12. The van der Waals surface area contributed by atoms with Gasteiger partial charge < -0.3 is 10.1 Å². The minimum absolute atomic E-state index is 0.257. The molecule has 5 heteroatoms. The lowest BCUT2D eigenvalue weighted by Gasteiger charge is -2.43. The lowest BCUT2D eigenvalue weighted by Crippen LogP contribution is -2.48. The standard InChI is InChI=1S/C23H21NO3S/c1-14-2-4-15(5-3-14)16-6-7-17-18(12-16)21-22(20(26)19(17)25)28-13-23(27-21)8-10-24-11-9-23/h2-7,12,24H,8-11,13H2,1H3. The second-order valence-electron chi connectivity index (χ2n) is 7.77. The molecule has 0 amide bonds. The van der Waals surface area contributed by atoms with E-state index in [1.54, 1.807) is 6.07 Å². The average molecular weight is 391 g/mol. The van der Waals surface area contributed by atoms with E-state index in [-0.39, 0.29) is 5.60 Å². The molecule has 2 aromatic carbocycles. The summed E-state index contributed by atoms with van der Waals surface area (Å²) in [6, 6.07) is 14.0. The number of ether oxygens (including phenoxy) is 1. The van der Waals surface area contributed by atoms with E-state index in [4.69, 9.17) is 4.74 Å². The van der Waals surface area contributed by atoms with Crippen molar-refractivity contribution in [3.05, 3.63) is 64.1 Å². The largest absolute Gasteiger partial charge is 0.484 e. The summed E-state index contributed by atoms with van der Waals surface area (Å²) in [6.07, 6.45) is 1.82. The third kappa shape index (κ3) is 2.81. The smallest absolute Gasteiger partial charge is 0.243 e. The fraction of sp³-hybridized carbons (Fsp3) is 0.304. The number of allylic oxidation sites excluding steroid dienone is 1. The highest BCUT2D eigenvalue weighted by Crippen LogP contribution is 2.47. The van der Waals surface area contributed by atoms with Crippen LogP contribution < -0.4 is 5.32 Å². The highest BCUT2D eigenvalue weighted by atomic mass is 32.2. The summed E-state index contributed by atoms with van der Waals surface area (Å²) in [6.45, 7) is 3.88. The molecule has 4 nitrogen and oxygen atoms in total. The number of carbonyl (C=O) groups excluding carboxylic acids is 2. The predicted octanol–water partition coefficient (Wildman–Crippen LogP) is 3.98. The van der Waals surface area contributed by atoms with Crippen LogP contribution in [0.4, 0.5) is 0 Å². The van der Waals surface area contributed by atoms with Crippen LogP contribution in [-0.2, 0) is 9.53 Å². The van der Waals surface area contributed by atoms with Gasteiger partial charge in [-0.2, -0.15) is 0 Å². The summed E-state index contributed by atoms with van der Waals surface area (Å²) in [5, 5.41) is 3.37. The summed E-state index contributed by atoms with van der Waals surface area (Å²) >= 11 is 1.49. The first-order valence-electron chi connectivity index (χ1n) is 9.64. The third-order valence-electron chi connectivity index (χ3n) is 5.83. The maximum atomic E-state index is 12.7. The molecule has 2 aromatic rings. The Bertz CT molecular complexity index is 1020. The molecule has 0 aromatic heterocycles. The van der Waals surface area contributed by atoms with Crippen LogP contribution in [0.5, 0.6) is 0 Å². The van der Waals surface area contributed by atoms with Gasteiger partial charge in [0, 0.05) is 29.7 Å². The number of thioether (sulfide) groups is 1. The van der Waals surface area contributed by atoms with Gasteiger partial charge in [0.2, 0.25) is 11.6 Å². The lowest BCUT2D eigenvalue weighted by atomic mass is 9.88. The van der Waals surface area contributed by atoms with Crippen molar-refractivity contribution < 1.29 is 14.3 Å². The Balaban J connectivity index is 1.62. The molecule has 2 aliphatic heterocycles. The zero-order valence-corrected chi connectivity index (χ0v) is 16.5. The molecule has 28 heavy (non-hydrogen) atoms. The number of benzene rings is 2. The number of fused-ring (bicyclic) bond motifs is 2. The van der Waals surface area contributed by atoms with E-state index in [1.807, 2.05) is 12.1 Å². The van der Waals surface area contributed by atoms with Gasteiger partial charge >= 0.3 is 0 Å². The number of aryl methyl sites for hydroxylation is 1. The quantitative estimate of drug-likeness (QED) is 0.745. The van der Waals surface area contributed by atoms with Crippen LogP contribution >= 0.6 is 11.8 Å². The van der Waals surface area contributed by atoms with E-state index in [0.29, 0.717) is 16.2 Å². The second kappa shape index (κ2) is 6.61. The number of nitrogens with one attached hydrogen (secondary N) is 1. The number of hydrogen-bond acceptors (Lipinski definition) is 5. The Kier molecular flexibility index (Phi) is 4.18. The molecule has 0 saturated carbocycles. The number of Topliss-reactive ketones (excluding diaryl/α,β-unsaturated/α-hetero) is 2. The third-order valence-corrected chi connectivity index (χ3v) is 7.16. The van der Waals surface area contributed by atoms with Gasteiger partial charge in [-0.25, -0.2) is 0 Å². The molecule has 0 unspecified atom stereocenters. The molecular weight excluding hydrogens is 370 g/mol. The first-order valence-corrected chi connectivity index (χ1v) is 10.6. The van der Waals surface area contributed by atoms with Gasteiger partial charge in [-0.1, -0.05) is 35.9 Å². The van der Waals surface area contributed by atoms with Gasteiger partial charge in [-0.05, 0) is 43.3 Å². The van der Waals surface area contributed by atoms with Crippen molar-refractivity contribution in [2.45, 2.75) is 25.4 Å². The van der Waals surface area contributed by atoms with Crippen LogP contribution in [-0.4, -0.2) is 36.0 Å². The Morgan fingerprint density at radius 3 is 2.39 bits per heavy atom. The van der Waals surface area contributed by atoms with E-state index in [2.05, 4.69) is 36.5 Å². The molecule has 1 spiro atoms. The highest BCUT2D eigenvalue weighted by molar-refractivity contribution is 8.04. The van der Waals surface area contributed by atoms with E-state index in [0.717, 1.165) is 48.4 Å². The van der Waals surface area contributed by atoms with Gasteiger partial charge in [-0.15, -0.1) is 11.8 Å². The van der Waals surface area contributed by atoms with Gasteiger partial charge in [0.25, 0.3) is 0 Å². The zero-order valence-electron chi connectivity index (χ0n) is 15.7. The second-order valence-corrected chi connectivity index (χ2v) is 8.75. The summed E-state index contributed by atoms with van der Waals surface area (Å²) in [7, 11) is 0. The van der Waals surface area contributed by atoms with Crippen molar-refractivity contribution in [2.24, 2.45) is 0 Å². The molecule has 3 aliphatic rings. The number of ketones is 2. The van der Waals surface area contributed by atoms with E-state index in [9.17, 15) is 9.59 Å². The summed E-state index contributed by atoms with van der Waals surface area (Å²) in [5.74, 6) is 0.465. The average Bonchev–Trinajstić information content (AvgIpc) is 2.73. The minimum Gasteiger partial charge on any atom is -0.484 e. The van der Waals surface area contributed by atoms with Crippen molar-refractivity contribution in [1.29, 1.82) is 0 Å². The number of hydrogen-bond donors (Lipinski definition) is 1. The number of carbonyl (C=O) groups is 2. The molecule has 1 saturated heterocycles. The molecule has 0 radical (unpaired) electrons. The van der Waals surface area contributed by atoms with Crippen LogP contribution in [0.1, 0.15) is 34.3 Å². The molecule has 0 atom stereocenters. The SMILES string of the molecule is Cc1ccc(-c2ccc3c(c2)C2=C(SCC4(CCNCC4)O2)C(=O)C3=O)cc1. The van der Waals surface area contributed by atoms with Crippen LogP contribution in [0.2, 0.25) is 0 Å². The molecule has 2 heterocycles. The van der Waals surface area contributed by atoms with Crippen molar-refractivity contribution >= 4 is 29.1 Å². The lowest BCUT2D eigenvalue weighted by molar-refractivity contribution is -0.111. The predicted molar refractivity (Wildman–Crippen MR) is 111 cm³/mol. The molecular formula is C23H21NO3S. The van der Waals surface area contributed by atoms with Crippen LogP contribution in [0.25, 0.3) is 16.9 Å². The maximum Gasteiger partial charge on any atom is 0.243 e. The van der Waals surface area contributed by atoms with Crippen LogP contribution in [0, 0.1) is 6.92 Å². The number of rotatable bonds is 1. The molecule has 0 bridgehead atoms. The summed E-state index contributed by atoms with van der Waals surface area (Å²) in [5.41, 5.74) is 4.25. The Morgan fingerprint density at radius 1 is 0.929 bits per heavy atom. The van der Waals surface area contributed by atoms with Crippen LogP contribution in [0.3, 0.4) is 0 Å². The minimum atomic E-state index is -0.431. The Hall–Kier alpha value is -2.37. The fourth-order valence-corrected chi connectivity index (χ4v) is 5.38. The van der Waals surface area contributed by atoms with Crippen molar-refractivity contribution in [1.82, 2.24) is 5.32 Å². The first kappa shape index (κ1) is 17.7. The molecule has 142 valence electrons. The van der Waals surface area contributed by atoms with Gasteiger partial charge in [-0.3, -0.25) is 9.59 Å².